The number of pyridine rings is 1. The van der Waals surface area contributed by atoms with Crippen molar-refractivity contribution in [3.8, 4) is 0 Å². The third kappa shape index (κ3) is 4.47. The molecule has 5 heterocycles. The zero-order chi connectivity index (χ0) is 23.9. The predicted molar refractivity (Wildman–Crippen MR) is 132 cm³/mol. The average Bonchev–Trinajstić information content (AvgIpc) is 3.08. The number of aromatic nitrogens is 3. The molecule has 0 amide bonds. The summed E-state index contributed by atoms with van der Waals surface area (Å²) in [6.07, 6.45) is 3.70. The molecule has 4 N–H and O–H groups in total. The van der Waals surface area contributed by atoms with E-state index in [2.05, 4.69) is 22.1 Å². The minimum atomic E-state index is -0.184. The van der Waals surface area contributed by atoms with Crippen LogP contribution in [-0.2, 0) is 16.1 Å². The Kier molecular flexibility index (Phi) is 6.89. The van der Waals surface area contributed by atoms with E-state index in [0.29, 0.717) is 41.4 Å². The maximum Gasteiger partial charge on any atom is 0.153 e. The van der Waals surface area contributed by atoms with Gasteiger partial charge in [-0.05, 0) is 32.8 Å². The van der Waals surface area contributed by atoms with Gasteiger partial charge in [-0.1, -0.05) is 23.4 Å². The molecule has 0 unspecified atom stereocenters. The largest absolute Gasteiger partial charge is 0.390 e. The first-order chi connectivity index (χ1) is 16.4. The SMILES string of the molecule is Cc1nc(N2CCC3(CC2)CO[C@@H](C)[C@H]3N)c(CO)nc1Sc1ccnc(NC2COC2)c1Cl. The van der Waals surface area contributed by atoms with Crippen molar-refractivity contribution in [2.45, 2.75) is 61.4 Å². The lowest BCUT2D eigenvalue weighted by molar-refractivity contribution is 0.0209. The van der Waals surface area contributed by atoms with E-state index in [1.807, 2.05) is 13.0 Å². The van der Waals surface area contributed by atoms with Crippen molar-refractivity contribution >= 4 is 35.0 Å². The number of hydrogen-bond acceptors (Lipinski definition) is 10. The maximum absolute atomic E-state index is 10.1. The number of aliphatic hydroxyl groups excluding tert-OH is 1. The Balaban J connectivity index is 1.33. The fraction of sp³-hybridized carbons (Fsp3) is 0.609. The quantitative estimate of drug-likeness (QED) is 0.539. The molecule has 0 radical (unpaired) electrons. The number of nitrogens with zero attached hydrogens (tertiary/aromatic N) is 4. The molecule has 0 bridgehead atoms. The summed E-state index contributed by atoms with van der Waals surface area (Å²) >= 11 is 8.06. The van der Waals surface area contributed by atoms with Crippen molar-refractivity contribution in [3.63, 3.8) is 0 Å². The molecule has 3 aliphatic rings. The fourth-order valence-electron chi connectivity index (χ4n) is 4.84. The Morgan fingerprint density at radius 1 is 1.32 bits per heavy atom. The third-order valence-corrected chi connectivity index (χ3v) is 8.81. The van der Waals surface area contributed by atoms with Crippen LogP contribution in [0.2, 0.25) is 5.02 Å². The van der Waals surface area contributed by atoms with E-state index in [4.69, 9.17) is 36.8 Å². The second-order valence-electron chi connectivity index (χ2n) is 9.39. The van der Waals surface area contributed by atoms with Gasteiger partial charge in [-0.3, -0.25) is 0 Å². The van der Waals surface area contributed by atoms with Crippen molar-refractivity contribution in [2.75, 3.05) is 43.1 Å². The van der Waals surface area contributed by atoms with Crippen LogP contribution in [0, 0.1) is 12.3 Å². The van der Waals surface area contributed by atoms with Gasteiger partial charge in [0.2, 0.25) is 0 Å². The molecule has 2 aromatic rings. The number of halogens is 1. The van der Waals surface area contributed by atoms with Gasteiger partial charge in [0.05, 0.1) is 49.3 Å². The monoisotopic (exact) mass is 506 g/mol. The van der Waals surface area contributed by atoms with E-state index in [9.17, 15) is 5.11 Å². The van der Waals surface area contributed by atoms with Crippen LogP contribution >= 0.6 is 23.4 Å². The maximum atomic E-state index is 10.1. The van der Waals surface area contributed by atoms with Gasteiger partial charge in [-0.25, -0.2) is 15.0 Å². The molecule has 3 saturated heterocycles. The lowest BCUT2D eigenvalue weighted by atomic mass is 9.73. The molecule has 3 fully saturated rings. The normalized spacial score (nSPS) is 24.4. The van der Waals surface area contributed by atoms with E-state index in [1.54, 1.807) is 6.20 Å². The van der Waals surface area contributed by atoms with Crippen LogP contribution in [0.25, 0.3) is 0 Å². The summed E-state index contributed by atoms with van der Waals surface area (Å²) in [7, 11) is 0. The summed E-state index contributed by atoms with van der Waals surface area (Å²) in [5.74, 6) is 1.38. The van der Waals surface area contributed by atoms with Gasteiger partial charge in [0.15, 0.2) is 5.82 Å². The molecular formula is C23H31ClN6O3S. The molecule has 3 aliphatic heterocycles. The van der Waals surface area contributed by atoms with Crippen LogP contribution in [0.3, 0.4) is 0 Å². The molecule has 34 heavy (non-hydrogen) atoms. The summed E-state index contributed by atoms with van der Waals surface area (Å²) in [6, 6.07) is 2.14. The van der Waals surface area contributed by atoms with Crippen molar-refractivity contribution < 1.29 is 14.6 Å². The summed E-state index contributed by atoms with van der Waals surface area (Å²) in [6.45, 7) is 7.45. The minimum absolute atomic E-state index is 0.0308. The Bertz CT molecular complexity index is 1050. The number of ether oxygens (including phenoxy) is 2. The summed E-state index contributed by atoms with van der Waals surface area (Å²) in [4.78, 5) is 17.0. The summed E-state index contributed by atoms with van der Waals surface area (Å²) in [5, 5.41) is 14.7. The molecule has 0 aliphatic carbocycles. The third-order valence-electron chi connectivity index (χ3n) is 7.17. The number of aryl methyl sites for hydroxylation is 1. The number of hydrogen-bond donors (Lipinski definition) is 3. The van der Waals surface area contributed by atoms with Crippen LogP contribution in [0.4, 0.5) is 11.6 Å². The van der Waals surface area contributed by atoms with E-state index in [0.717, 1.165) is 42.3 Å². The Morgan fingerprint density at radius 3 is 2.71 bits per heavy atom. The van der Waals surface area contributed by atoms with Crippen LogP contribution in [-0.4, -0.2) is 71.2 Å². The second kappa shape index (κ2) is 9.75. The Morgan fingerprint density at radius 2 is 2.09 bits per heavy atom. The van der Waals surface area contributed by atoms with Crippen molar-refractivity contribution in [2.24, 2.45) is 11.1 Å². The number of piperidine rings is 1. The molecule has 1 spiro atoms. The van der Waals surface area contributed by atoms with Crippen LogP contribution in [0.15, 0.2) is 22.2 Å². The number of nitrogens with one attached hydrogen (secondary N) is 1. The summed E-state index contributed by atoms with van der Waals surface area (Å²) in [5.41, 5.74) is 7.86. The topological polar surface area (TPSA) is 119 Å². The van der Waals surface area contributed by atoms with Gasteiger partial charge in [-0.2, -0.15) is 0 Å². The van der Waals surface area contributed by atoms with Crippen molar-refractivity contribution in [3.05, 3.63) is 28.7 Å². The van der Waals surface area contributed by atoms with Gasteiger partial charge in [0.25, 0.3) is 0 Å². The van der Waals surface area contributed by atoms with Crippen LogP contribution in [0.5, 0.6) is 0 Å². The standard InChI is InChI=1S/C23H31ClN6O3S/c1-13-22(34-17-3-6-26-20(18(17)24)28-15-10-32-11-15)29-16(9-31)21(27-13)30-7-4-23(5-8-30)12-33-14(2)19(23)25/h3,6,14-15,19,31H,4-5,7-12,25H2,1-2H3,(H,26,28)/t14-,19+/m0/s1. The fourth-order valence-corrected chi connectivity index (χ4v) is 5.99. The average molecular weight is 507 g/mol. The number of aliphatic hydroxyl groups is 1. The van der Waals surface area contributed by atoms with E-state index >= 15 is 0 Å². The van der Waals surface area contributed by atoms with Gasteiger partial charge in [-0.15, -0.1) is 0 Å². The molecule has 0 aromatic carbocycles. The molecule has 5 rings (SSSR count). The van der Waals surface area contributed by atoms with Gasteiger partial charge >= 0.3 is 0 Å². The van der Waals surface area contributed by atoms with Gasteiger partial charge < -0.3 is 30.5 Å². The lowest BCUT2D eigenvalue weighted by Gasteiger charge is -2.42. The smallest absolute Gasteiger partial charge is 0.153 e. The first-order valence-corrected chi connectivity index (χ1v) is 12.9. The van der Waals surface area contributed by atoms with E-state index in [1.165, 1.54) is 11.8 Å². The van der Waals surface area contributed by atoms with E-state index in [-0.39, 0.29) is 30.2 Å². The first-order valence-electron chi connectivity index (χ1n) is 11.7. The van der Waals surface area contributed by atoms with Gasteiger partial charge in [0.1, 0.15) is 16.5 Å². The highest BCUT2D eigenvalue weighted by atomic mass is 35.5. The number of rotatable bonds is 6. The molecule has 0 saturated carbocycles. The molecule has 184 valence electrons. The highest BCUT2D eigenvalue weighted by molar-refractivity contribution is 7.99. The molecule has 11 heteroatoms. The Hall–Kier alpha value is -1.69. The zero-order valence-electron chi connectivity index (χ0n) is 19.5. The highest BCUT2D eigenvalue weighted by Gasteiger charge is 2.47. The van der Waals surface area contributed by atoms with Crippen LogP contribution in [0.1, 0.15) is 31.2 Å². The van der Waals surface area contributed by atoms with E-state index < -0.39 is 0 Å². The van der Waals surface area contributed by atoms with Crippen molar-refractivity contribution in [1.82, 2.24) is 15.0 Å². The lowest BCUT2D eigenvalue weighted by Crippen LogP contribution is -2.51. The zero-order valence-corrected chi connectivity index (χ0v) is 21.0. The minimum Gasteiger partial charge on any atom is -0.390 e. The molecule has 2 aromatic heterocycles. The first kappa shape index (κ1) is 24.0. The highest BCUT2D eigenvalue weighted by Crippen LogP contribution is 2.43. The molecule has 9 nitrogen and oxygen atoms in total. The van der Waals surface area contributed by atoms with Gasteiger partial charge in [0, 0.05) is 35.6 Å². The second-order valence-corrected chi connectivity index (χ2v) is 10.8. The molecule has 2 atom stereocenters. The Labute approximate surface area is 208 Å². The van der Waals surface area contributed by atoms with Crippen molar-refractivity contribution in [1.29, 1.82) is 0 Å². The number of anilines is 2. The van der Waals surface area contributed by atoms with Crippen LogP contribution < -0.4 is 16.0 Å². The summed E-state index contributed by atoms with van der Waals surface area (Å²) < 4.78 is 11.1. The molecular weight excluding hydrogens is 476 g/mol. The predicted octanol–water partition coefficient (Wildman–Crippen LogP) is 2.62. The number of nitrogens with two attached hydrogens (primary N) is 1.